The molecule has 0 bridgehead atoms. The van der Waals surface area contributed by atoms with E-state index in [2.05, 4.69) is 66.5 Å². The van der Waals surface area contributed by atoms with E-state index in [1.54, 1.807) is 42.5 Å². The highest BCUT2D eigenvalue weighted by atomic mass is 79.9. The minimum atomic E-state index is -0.350. The van der Waals surface area contributed by atoms with Crippen LogP contribution in [-0.2, 0) is 5.41 Å². The van der Waals surface area contributed by atoms with Gasteiger partial charge < -0.3 is 15.4 Å². The van der Waals surface area contributed by atoms with Crippen molar-refractivity contribution in [1.29, 1.82) is 0 Å². The van der Waals surface area contributed by atoms with Gasteiger partial charge in [0, 0.05) is 22.5 Å². The SMILES string of the molecule is CC(C)COc1ccc(C(=O)NC(=S)Nc2cccc(NC(=O)c3ccc(C(C)(C)C)cc3)c2)cc1Br. The monoisotopic (exact) mass is 581 g/mol. The van der Waals surface area contributed by atoms with Crippen LogP contribution in [0.3, 0.4) is 0 Å². The van der Waals surface area contributed by atoms with E-state index in [-0.39, 0.29) is 22.3 Å². The number of halogens is 1. The van der Waals surface area contributed by atoms with E-state index in [9.17, 15) is 9.59 Å². The molecule has 0 aliphatic heterocycles. The molecule has 0 unspecified atom stereocenters. The van der Waals surface area contributed by atoms with Crippen molar-refractivity contribution in [2.45, 2.75) is 40.0 Å². The molecule has 0 radical (unpaired) electrons. The molecule has 194 valence electrons. The summed E-state index contributed by atoms with van der Waals surface area (Å²) in [7, 11) is 0. The fourth-order valence-electron chi connectivity index (χ4n) is 3.35. The van der Waals surface area contributed by atoms with Gasteiger partial charge in [-0.15, -0.1) is 0 Å². The summed E-state index contributed by atoms with van der Waals surface area (Å²) in [6, 6.07) is 19.8. The van der Waals surface area contributed by atoms with Gasteiger partial charge in [0.05, 0.1) is 11.1 Å². The molecule has 8 heteroatoms. The van der Waals surface area contributed by atoms with Crippen LogP contribution in [0.15, 0.2) is 71.2 Å². The molecule has 3 N–H and O–H groups in total. The summed E-state index contributed by atoms with van der Waals surface area (Å²) in [5.74, 6) is 0.511. The summed E-state index contributed by atoms with van der Waals surface area (Å²) in [6.07, 6.45) is 0. The lowest BCUT2D eigenvalue weighted by atomic mass is 9.87. The third-order valence-corrected chi connectivity index (χ3v) is 6.21. The minimum Gasteiger partial charge on any atom is -0.492 e. The van der Waals surface area contributed by atoms with Crippen LogP contribution in [-0.4, -0.2) is 23.5 Å². The van der Waals surface area contributed by atoms with E-state index in [0.717, 1.165) is 5.56 Å². The number of hydrogen-bond donors (Lipinski definition) is 3. The van der Waals surface area contributed by atoms with Gasteiger partial charge in [-0.3, -0.25) is 14.9 Å². The van der Waals surface area contributed by atoms with E-state index in [1.165, 1.54) is 0 Å². The second kappa shape index (κ2) is 12.3. The van der Waals surface area contributed by atoms with Gasteiger partial charge in [-0.1, -0.05) is 52.8 Å². The number of thiocarbonyl (C=S) groups is 1. The topological polar surface area (TPSA) is 79.5 Å². The normalized spacial score (nSPS) is 11.1. The highest BCUT2D eigenvalue weighted by molar-refractivity contribution is 9.10. The fourth-order valence-corrected chi connectivity index (χ4v) is 4.06. The van der Waals surface area contributed by atoms with Gasteiger partial charge in [0.25, 0.3) is 11.8 Å². The van der Waals surface area contributed by atoms with E-state index in [0.29, 0.717) is 45.2 Å². The quantitative estimate of drug-likeness (QED) is 0.258. The smallest absolute Gasteiger partial charge is 0.257 e. The lowest BCUT2D eigenvalue weighted by Gasteiger charge is -2.19. The first kappa shape index (κ1) is 28.3. The molecular weight excluding hydrogens is 550 g/mol. The van der Waals surface area contributed by atoms with Gasteiger partial charge in [0.15, 0.2) is 5.11 Å². The van der Waals surface area contributed by atoms with Crippen molar-refractivity contribution in [3.8, 4) is 5.75 Å². The Hall–Kier alpha value is -3.23. The van der Waals surface area contributed by atoms with Crippen molar-refractivity contribution in [2.75, 3.05) is 17.2 Å². The van der Waals surface area contributed by atoms with E-state index < -0.39 is 0 Å². The van der Waals surface area contributed by atoms with Crippen LogP contribution in [0.5, 0.6) is 5.75 Å². The van der Waals surface area contributed by atoms with Gasteiger partial charge >= 0.3 is 0 Å². The van der Waals surface area contributed by atoms with Gasteiger partial charge in [-0.05, 0) is 93.6 Å². The molecule has 3 aromatic rings. The van der Waals surface area contributed by atoms with E-state index in [1.807, 2.05) is 24.3 Å². The average molecular weight is 583 g/mol. The Morgan fingerprint density at radius 2 is 1.51 bits per heavy atom. The Bertz CT molecular complexity index is 1280. The zero-order valence-corrected chi connectivity index (χ0v) is 24.0. The number of benzene rings is 3. The maximum absolute atomic E-state index is 12.7. The lowest BCUT2D eigenvalue weighted by Crippen LogP contribution is -2.34. The zero-order valence-electron chi connectivity index (χ0n) is 21.6. The molecule has 2 amide bonds. The Kier molecular flexibility index (Phi) is 9.45. The van der Waals surface area contributed by atoms with Gasteiger partial charge in [0.1, 0.15) is 5.75 Å². The van der Waals surface area contributed by atoms with E-state index in [4.69, 9.17) is 17.0 Å². The molecule has 3 aromatic carbocycles. The second-order valence-corrected chi connectivity index (χ2v) is 11.4. The van der Waals surface area contributed by atoms with Crippen LogP contribution in [0.25, 0.3) is 0 Å². The van der Waals surface area contributed by atoms with Crippen LogP contribution >= 0.6 is 28.1 Å². The molecule has 0 aliphatic rings. The van der Waals surface area contributed by atoms with Crippen LogP contribution in [0, 0.1) is 5.92 Å². The summed E-state index contributed by atoms with van der Waals surface area (Å²) < 4.78 is 6.42. The minimum absolute atomic E-state index is 0.0185. The molecule has 0 aromatic heterocycles. The molecule has 0 aliphatic carbocycles. The molecule has 3 rings (SSSR count). The summed E-state index contributed by atoms with van der Waals surface area (Å²) in [5.41, 5.74) is 3.42. The Morgan fingerprint density at radius 1 is 0.892 bits per heavy atom. The molecule has 0 atom stereocenters. The van der Waals surface area contributed by atoms with E-state index >= 15 is 0 Å². The first-order valence-electron chi connectivity index (χ1n) is 12.0. The molecule has 0 saturated carbocycles. The average Bonchev–Trinajstić information content (AvgIpc) is 2.82. The van der Waals surface area contributed by atoms with Crippen LogP contribution in [0.1, 0.15) is 60.9 Å². The highest BCUT2D eigenvalue weighted by Gasteiger charge is 2.15. The standard InChI is InChI=1S/C29H32BrN3O3S/c1-18(2)17-36-25-14-11-20(15-24(25)30)27(35)33-28(37)32-23-8-6-7-22(16-23)31-26(34)19-9-12-21(13-10-19)29(3,4)5/h6-16,18H,17H2,1-5H3,(H,31,34)(H2,32,33,35,37). The van der Waals surface area contributed by atoms with Crippen LogP contribution in [0.4, 0.5) is 11.4 Å². The van der Waals surface area contributed by atoms with Crippen molar-refractivity contribution in [1.82, 2.24) is 5.32 Å². The molecule has 0 spiro atoms. The molecular formula is C29H32BrN3O3S. The molecule has 6 nitrogen and oxygen atoms in total. The largest absolute Gasteiger partial charge is 0.492 e. The number of rotatable bonds is 7. The second-order valence-electron chi connectivity index (χ2n) is 10.1. The molecule has 0 heterocycles. The zero-order chi connectivity index (χ0) is 27.2. The summed E-state index contributed by atoms with van der Waals surface area (Å²) >= 11 is 8.78. The van der Waals surface area contributed by atoms with Crippen LogP contribution < -0.4 is 20.7 Å². The number of carbonyl (C=O) groups is 2. The van der Waals surface area contributed by atoms with Crippen molar-refractivity contribution in [2.24, 2.45) is 5.92 Å². The Labute approximate surface area is 232 Å². The lowest BCUT2D eigenvalue weighted by molar-refractivity contribution is 0.0976. The number of anilines is 2. The molecule has 0 saturated heterocycles. The third-order valence-electron chi connectivity index (χ3n) is 5.38. The predicted octanol–water partition coefficient (Wildman–Crippen LogP) is 7.16. The number of hydrogen-bond acceptors (Lipinski definition) is 4. The fraction of sp³-hybridized carbons (Fsp3) is 0.276. The molecule has 0 fully saturated rings. The van der Waals surface area contributed by atoms with Crippen molar-refractivity contribution >= 4 is 56.4 Å². The van der Waals surface area contributed by atoms with Crippen LogP contribution in [0.2, 0.25) is 0 Å². The van der Waals surface area contributed by atoms with Gasteiger partial charge in [0.2, 0.25) is 0 Å². The number of ether oxygens (including phenoxy) is 1. The molecule has 37 heavy (non-hydrogen) atoms. The summed E-state index contributed by atoms with van der Waals surface area (Å²) in [4.78, 5) is 25.4. The third kappa shape index (κ3) is 8.40. The number of nitrogens with one attached hydrogen (secondary N) is 3. The van der Waals surface area contributed by atoms with Gasteiger partial charge in [-0.2, -0.15) is 0 Å². The van der Waals surface area contributed by atoms with Gasteiger partial charge in [-0.25, -0.2) is 0 Å². The first-order chi connectivity index (χ1) is 17.4. The van der Waals surface area contributed by atoms with Crippen molar-refractivity contribution in [3.05, 3.63) is 87.9 Å². The summed E-state index contributed by atoms with van der Waals surface area (Å²) in [6.45, 7) is 11.1. The Morgan fingerprint density at radius 3 is 2.11 bits per heavy atom. The predicted molar refractivity (Wildman–Crippen MR) is 158 cm³/mol. The summed E-state index contributed by atoms with van der Waals surface area (Å²) in [5, 5.41) is 8.71. The Balaban J connectivity index is 1.58. The van der Waals surface area contributed by atoms with Crippen molar-refractivity contribution in [3.63, 3.8) is 0 Å². The van der Waals surface area contributed by atoms with Crippen molar-refractivity contribution < 1.29 is 14.3 Å². The number of amides is 2. The maximum atomic E-state index is 12.7. The first-order valence-corrected chi connectivity index (χ1v) is 13.2. The highest BCUT2D eigenvalue weighted by Crippen LogP contribution is 2.27. The maximum Gasteiger partial charge on any atom is 0.257 e. The number of carbonyl (C=O) groups excluding carboxylic acids is 2.